The Morgan fingerprint density at radius 1 is 1.29 bits per heavy atom. The molecule has 0 aliphatic carbocycles. The number of likely N-dealkylation sites (tertiary alicyclic amines) is 1. The van der Waals surface area contributed by atoms with E-state index in [-0.39, 0.29) is 11.3 Å². The van der Waals surface area contributed by atoms with Crippen LogP contribution in [0.5, 0.6) is 0 Å². The third-order valence-electron chi connectivity index (χ3n) is 4.33. The van der Waals surface area contributed by atoms with Crippen molar-refractivity contribution < 1.29 is 18.0 Å². The highest BCUT2D eigenvalue weighted by Crippen LogP contribution is 2.31. The summed E-state index contributed by atoms with van der Waals surface area (Å²) in [5.74, 6) is -0.0712. The van der Waals surface area contributed by atoms with Gasteiger partial charge in [0.1, 0.15) is 18.3 Å². The molecule has 1 N–H and O–H groups in total. The van der Waals surface area contributed by atoms with Gasteiger partial charge >= 0.3 is 6.18 Å². The standard InChI is InChI=1S/C14H17F3N6O/c1-9-11(20-21-12(9)14(15,16)17)13(24)23-4-2-10(3-5-23)6-22-7-18-19-8-22/h7-8,10H,2-6H2,1H3,(H,20,21). The average molecular weight is 342 g/mol. The summed E-state index contributed by atoms with van der Waals surface area (Å²) in [6, 6.07) is 0. The van der Waals surface area contributed by atoms with Gasteiger partial charge in [-0.1, -0.05) is 0 Å². The lowest BCUT2D eigenvalue weighted by Crippen LogP contribution is -2.39. The number of aromatic nitrogens is 5. The van der Waals surface area contributed by atoms with Crippen LogP contribution in [0.3, 0.4) is 0 Å². The van der Waals surface area contributed by atoms with Crippen molar-refractivity contribution in [1.29, 1.82) is 0 Å². The summed E-state index contributed by atoms with van der Waals surface area (Å²) in [6.07, 6.45) is 0.299. The van der Waals surface area contributed by atoms with Gasteiger partial charge in [-0.15, -0.1) is 10.2 Å². The number of alkyl halides is 3. The molecule has 0 aromatic carbocycles. The van der Waals surface area contributed by atoms with E-state index in [1.54, 1.807) is 17.6 Å². The van der Waals surface area contributed by atoms with Crippen molar-refractivity contribution in [2.45, 2.75) is 32.5 Å². The molecule has 10 heteroatoms. The largest absolute Gasteiger partial charge is 0.433 e. The lowest BCUT2D eigenvalue weighted by molar-refractivity contribution is -0.141. The van der Waals surface area contributed by atoms with Crippen LogP contribution in [0, 0.1) is 12.8 Å². The highest BCUT2D eigenvalue weighted by molar-refractivity contribution is 5.94. The second kappa shape index (κ2) is 6.25. The van der Waals surface area contributed by atoms with E-state index in [0.717, 1.165) is 19.4 Å². The van der Waals surface area contributed by atoms with Crippen LogP contribution in [0.1, 0.15) is 34.6 Å². The molecule has 7 nitrogen and oxygen atoms in total. The van der Waals surface area contributed by atoms with Crippen LogP contribution in [0.4, 0.5) is 13.2 Å². The summed E-state index contributed by atoms with van der Waals surface area (Å²) in [6.45, 7) is 3.03. The summed E-state index contributed by atoms with van der Waals surface area (Å²) in [7, 11) is 0. The Kier molecular flexibility index (Phi) is 4.29. The minimum absolute atomic E-state index is 0.153. The molecule has 0 spiro atoms. The van der Waals surface area contributed by atoms with Crippen LogP contribution < -0.4 is 0 Å². The van der Waals surface area contributed by atoms with Crippen LogP contribution in [0.15, 0.2) is 12.7 Å². The molecule has 130 valence electrons. The Morgan fingerprint density at radius 3 is 2.46 bits per heavy atom. The van der Waals surface area contributed by atoms with Gasteiger partial charge in [0.25, 0.3) is 5.91 Å². The van der Waals surface area contributed by atoms with Gasteiger partial charge in [0.15, 0.2) is 5.69 Å². The Bertz CT molecular complexity index is 701. The van der Waals surface area contributed by atoms with Gasteiger partial charge in [0.05, 0.1) is 0 Å². The fraction of sp³-hybridized carbons (Fsp3) is 0.571. The van der Waals surface area contributed by atoms with Gasteiger partial charge in [-0.3, -0.25) is 9.89 Å². The average Bonchev–Trinajstić information content (AvgIpc) is 3.16. The first-order valence-electron chi connectivity index (χ1n) is 7.60. The van der Waals surface area contributed by atoms with E-state index in [1.165, 1.54) is 6.92 Å². The first-order valence-corrected chi connectivity index (χ1v) is 7.60. The number of piperidine rings is 1. The second-order valence-corrected chi connectivity index (χ2v) is 5.96. The fourth-order valence-corrected chi connectivity index (χ4v) is 2.97. The van der Waals surface area contributed by atoms with E-state index in [4.69, 9.17) is 0 Å². The molecule has 3 heterocycles. The number of carbonyl (C=O) groups is 1. The molecule has 3 rings (SSSR count). The van der Waals surface area contributed by atoms with Crippen molar-refractivity contribution in [3.63, 3.8) is 0 Å². The number of nitrogens with one attached hydrogen (secondary N) is 1. The molecule has 0 radical (unpaired) electrons. The number of carbonyl (C=O) groups excluding carboxylic acids is 1. The van der Waals surface area contributed by atoms with E-state index in [0.29, 0.717) is 19.0 Å². The van der Waals surface area contributed by atoms with Crippen LogP contribution in [-0.2, 0) is 12.7 Å². The molecule has 1 saturated heterocycles. The lowest BCUT2D eigenvalue weighted by atomic mass is 9.96. The van der Waals surface area contributed by atoms with Crippen LogP contribution in [0.2, 0.25) is 0 Å². The van der Waals surface area contributed by atoms with Gasteiger partial charge in [-0.2, -0.15) is 18.3 Å². The first kappa shape index (κ1) is 16.5. The Morgan fingerprint density at radius 2 is 1.92 bits per heavy atom. The van der Waals surface area contributed by atoms with Crippen LogP contribution in [0.25, 0.3) is 0 Å². The van der Waals surface area contributed by atoms with Crippen molar-refractivity contribution in [1.82, 2.24) is 29.9 Å². The Labute approximate surface area is 135 Å². The zero-order chi connectivity index (χ0) is 17.3. The van der Waals surface area contributed by atoms with E-state index in [1.807, 2.05) is 9.67 Å². The molecule has 0 unspecified atom stereocenters. The number of hydrogen-bond donors (Lipinski definition) is 1. The molecule has 0 atom stereocenters. The number of halogens is 3. The molecule has 0 bridgehead atoms. The second-order valence-electron chi connectivity index (χ2n) is 5.96. The molecule has 1 aliphatic heterocycles. The minimum Gasteiger partial charge on any atom is -0.337 e. The zero-order valence-corrected chi connectivity index (χ0v) is 13.0. The third kappa shape index (κ3) is 3.26. The van der Waals surface area contributed by atoms with Crippen molar-refractivity contribution in [2.24, 2.45) is 5.92 Å². The monoisotopic (exact) mass is 342 g/mol. The van der Waals surface area contributed by atoms with E-state index in [2.05, 4.69) is 15.3 Å². The van der Waals surface area contributed by atoms with Gasteiger partial charge in [0, 0.05) is 25.2 Å². The van der Waals surface area contributed by atoms with Crippen LogP contribution in [-0.4, -0.2) is 48.9 Å². The van der Waals surface area contributed by atoms with Crippen molar-refractivity contribution in [3.05, 3.63) is 29.6 Å². The molecule has 1 aliphatic rings. The van der Waals surface area contributed by atoms with Crippen molar-refractivity contribution in [3.8, 4) is 0 Å². The van der Waals surface area contributed by atoms with Gasteiger partial charge < -0.3 is 9.47 Å². The summed E-state index contributed by atoms with van der Waals surface area (Å²) in [5, 5.41) is 13.0. The molecule has 0 saturated carbocycles. The van der Waals surface area contributed by atoms with E-state index >= 15 is 0 Å². The van der Waals surface area contributed by atoms with Gasteiger partial charge in [0.2, 0.25) is 0 Å². The quantitative estimate of drug-likeness (QED) is 0.924. The number of hydrogen-bond acceptors (Lipinski definition) is 4. The number of aromatic amines is 1. The minimum atomic E-state index is -4.54. The predicted molar refractivity (Wildman–Crippen MR) is 77.0 cm³/mol. The SMILES string of the molecule is Cc1c(C(=O)N2CCC(Cn3cnnc3)CC2)n[nH]c1C(F)(F)F. The highest BCUT2D eigenvalue weighted by Gasteiger charge is 2.37. The third-order valence-corrected chi connectivity index (χ3v) is 4.33. The first-order chi connectivity index (χ1) is 11.4. The summed E-state index contributed by atoms with van der Waals surface area (Å²) >= 11 is 0. The maximum atomic E-state index is 12.8. The molecule has 1 fully saturated rings. The number of H-pyrrole nitrogens is 1. The van der Waals surface area contributed by atoms with Gasteiger partial charge in [-0.05, 0) is 25.7 Å². The molecular formula is C14H17F3N6O. The molecule has 24 heavy (non-hydrogen) atoms. The maximum Gasteiger partial charge on any atom is 0.433 e. The molecular weight excluding hydrogens is 325 g/mol. The van der Waals surface area contributed by atoms with Crippen LogP contribution >= 0.6 is 0 Å². The topological polar surface area (TPSA) is 79.7 Å². The highest BCUT2D eigenvalue weighted by atomic mass is 19.4. The fourth-order valence-electron chi connectivity index (χ4n) is 2.97. The number of nitrogens with zero attached hydrogens (tertiary/aromatic N) is 5. The van der Waals surface area contributed by atoms with Gasteiger partial charge in [-0.25, -0.2) is 0 Å². The Hall–Kier alpha value is -2.39. The summed E-state index contributed by atoms with van der Waals surface area (Å²) < 4.78 is 40.3. The zero-order valence-electron chi connectivity index (χ0n) is 13.0. The Balaban J connectivity index is 1.62. The number of amides is 1. The number of rotatable bonds is 3. The predicted octanol–water partition coefficient (Wildman–Crippen LogP) is 1.88. The summed E-state index contributed by atoms with van der Waals surface area (Å²) in [4.78, 5) is 14.0. The van der Waals surface area contributed by atoms with Crippen molar-refractivity contribution >= 4 is 5.91 Å². The molecule has 1 amide bonds. The molecule has 2 aromatic heterocycles. The van der Waals surface area contributed by atoms with E-state index < -0.39 is 17.8 Å². The molecule has 2 aromatic rings. The van der Waals surface area contributed by atoms with E-state index in [9.17, 15) is 18.0 Å². The lowest BCUT2D eigenvalue weighted by Gasteiger charge is -2.31. The smallest absolute Gasteiger partial charge is 0.337 e. The summed E-state index contributed by atoms with van der Waals surface area (Å²) in [5.41, 5.74) is -1.27. The normalized spacial score (nSPS) is 16.6. The maximum absolute atomic E-state index is 12.8. The van der Waals surface area contributed by atoms with Crippen molar-refractivity contribution in [2.75, 3.05) is 13.1 Å².